The average Bonchev–Trinajstić information content (AvgIpc) is 2.89. The number of anilines is 2. The molecule has 2 amide bonds. The fraction of sp³-hybridized carbons (Fsp3) is 0.208. The predicted octanol–water partition coefficient (Wildman–Crippen LogP) is 8.32. The Kier molecular flexibility index (Phi) is 8.89. The first-order chi connectivity index (χ1) is 18.7. The Morgan fingerprint density at radius 3 is 1.98 bits per heavy atom. The van der Waals surface area contributed by atoms with E-state index in [-0.39, 0.29) is 37.2 Å². The number of rotatable bonds is 5. The minimum Gasteiger partial charge on any atom is -0.311 e. The lowest BCUT2D eigenvalue weighted by atomic mass is 9.92. The van der Waals surface area contributed by atoms with Crippen molar-refractivity contribution < 1.29 is 53.5 Å². The Labute approximate surface area is 243 Å². The molecule has 220 valence electrons. The summed E-state index contributed by atoms with van der Waals surface area (Å²) in [7, 11) is 1.29. The van der Waals surface area contributed by atoms with Gasteiger partial charge in [-0.25, -0.2) is 12.5 Å². The van der Waals surface area contributed by atoms with Gasteiger partial charge in [0.05, 0.1) is 39.7 Å². The van der Waals surface area contributed by atoms with Gasteiger partial charge in [-0.1, -0.05) is 23.7 Å². The maximum absolute atomic E-state index is 14.5. The maximum Gasteiger partial charge on any atom is 0.435 e. The number of hydrogen-bond donors (Lipinski definition) is 0. The van der Waals surface area contributed by atoms with Crippen LogP contribution in [-0.2, 0) is 11.8 Å². The summed E-state index contributed by atoms with van der Waals surface area (Å²) in [4.78, 5) is 30.7. The highest BCUT2D eigenvalue weighted by atomic mass is 127. The highest BCUT2D eigenvalue weighted by Gasteiger charge is 2.73. The molecule has 0 bridgehead atoms. The van der Waals surface area contributed by atoms with Crippen molar-refractivity contribution in [2.45, 2.75) is 24.2 Å². The van der Waals surface area contributed by atoms with Gasteiger partial charge in [-0.15, -0.1) is 0 Å². The zero-order chi connectivity index (χ0) is 31.1. The number of benzene rings is 2. The van der Waals surface area contributed by atoms with Gasteiger partial charge in [-0.2, -0.15) is 39.5 Å². The molecule has 0 aliphatic heterocycles. The second kappa shape index (κ2) is 11.3. The van der Waals surface area contributed by atoms with Gasteiger partial charge in [-0.3, -0.25) is 9.59 Å². The summed E-state index contributed by atoms with van der Waals surface area (Å²) in [5.41, 5.74) is -12.1. The van der Waals surface area contributed by atoms with Crippen molar-refractivity contribution in [2.24, 2.45) is 0 Å². The first-order valence-electron chi connectivity index (χ1n) is 10.7. The van der Waals surface area contributed by atoms with Crippen LogP contribution >= 0.6 is 34.5 Å². The van der Waals surface area contributed by atoms with Crippen LogP contribution in [0.2, 0.25) is 5.15 Å². The third kappa shape index (κ3) is 6.22. The van der Waals surface area contributed by atoms with Gasteiger partial charge in [0.1, 0.15) is 5.15 Å². The van der Waals surface area contributed by atoms with Crippen LogP contribution < -0.4 is 8.01 Å². The van der Waals surface area contributed by atoms with Gasteiger partial charge in [0.25, 0.3) is 11.8 Å². The number of alkyl halides is 10. The molecule has 0 saturated heterocycles. The summed E-state index contributed by atoms with van der Waals surface area (Å²) >= 11 is 6.98. The van der Waals surface area contributed by atoms with Gasteiger partial charge in [0.15, 0.2) is 0 Å². The second-order valence-corrected chi connectivity index (χ2v) is 9.55. The van der Waals surface area contributed by atoms with E-state index in [1.165, 1.54) is 37.5 Å². The highest BCUT2D eigenvalue weighted by molar-refractivity contribution is 14.1. The fourth-order valence-electron chi connectivity index (χ4n) is 3.55. The first-order valence-corrected chi connectivity index (χ1v) is 12.1. The lowest BCUT2D eigenvalue weighted by Crippen LogP contribution is -2.50. The predicted molar refractivity (Wildman–Crippen MR) is 136 cm³/mol. The van der Waals surface area contributed by atoms with E-state index in [2.05, 4.69) is 4.98 Å². The van der Waals surface area contributed by atoms with Crippen LogP contribution in [0.4, 0.5) is 55.3 Å². The van der Waals surface area contributed by atoms with E-state index in [0.29, 0.717) is 0 Å². The molecule has 0 N–H and O–H groups in total. The van der Waals surface area contributed by atoms with Gasteiger partial charge in [0, 0.05) is 30.1 Å². The molecule has 0 spiro atoms. The van der Waals surface area contributed by atoms with Crippen molar-refractivity contribution in [1.29, 1.82) is 0 Å². The molecule has 0 fully saturated rings. The van der Waals surface area contributed by atoms with E-state index >= 15 is 0 Å². The SMILES string of the molecule is CN(C(=O)c1cccnc1Cl)c1cccc(C(=O)N(I)c2ccc(C(F)(C(F)(F)F)C(F)(F)F)cc2C(F)(F)F)c1. The molecule has 1 aromatic heterocycles. The Morgan fingerprint density at radius 1 is 0.829 bits per heavy atom. The molecular weight excluding hydrogens is 715 g/mol. The van der Waals surface area contributed by atoms with Gasteiger partial charge in [0.2, 0.25) is 0 Å². The maximum atomic E-state index is 14.5. The topological polar surface area (TPSA) is 53.5 Å². The molecule has 3 aromatic rings. The standard InChI is InChI=1S/C24H13ClF10IN3O2/c1-38(20(41)15-6-3-9-37-18(15)25)14-5-2-4-12(10-14)19(40)39(36)17-8-7-13(11-16(17)22(27,28)29)21(26,23(30,31)32)24(33,34)35/h2-11H,1H3. The zero-order valence-electron chi connectivity index (χ0n) is 20.0. The zero-order valence-corrected chi connectivity index (χ0v) is 22.9. The summed E-state index contributed by atoms with van der Waals surface area (Å²) in [6, 6.07) is 6.99. The lowest BCUT2D eigenvalue weighted by Gasteiger charge is -2.31. The Hall–Kier alpha value is -3.15. The summed E-state index contributed by atoms with van der Waals surface area (Å²) in [5.74, 6) is -1.87. The van der Waals surface area contributed by atoms with Crippen LogP contribution in [0.1, 0.15) is 31.8 Å². The van der Waals surface area contributed by atoms with Gasteiger partial charge < -0.3 is 4.90 Å². The van der Waals surface area contributed by atoms with E-state index in [0.717, 1.165) is 39.9 Å². The molecule has 5 nitrogen and oxygen atoms in total. The minimum absolute atomic E-state index is 0.0134. The lowest BCUT2D eigenvalue weighted by molar-refractivity contribution is -0.348. The summed E-state index contributed by atoms with van der Waals surface area (Å²) < 4.78 is 135. The van der Waals surface area contributed by atoms with Crippen molar-refractivity contribution in [1.82, 2.24) is 4.98 Å². The van der Waals surface area contributed by atoms with Crippen molar-refractivity contribution in [3.63, 3.8) is 0 Å². The monoisotopic (exact) mass is 727 g/mol. The largest absolute Gasteiger partial charge is 0.435 e. The van der Waals surface area contributed by atoms with E-state index in [1.54, 1.807) is 0 Å². The number of halogens is 12. The quantitative estimate of drug-likeness (QED) is 0.115. The molecule has 0 unspecified atom stereocenters. The van der Waals surface area contributed by atoms with Crippen LogP contribution in [0.15, 0.2) is 60.8 Å². The van der Waals surface area contributed by atoms with E-state index in [1.807, 2.05) is 0 Å². The number of hydrogen-bond acceptors (Lipinski definition) is 3. The van der Waals surface area contributed by atoms with E-state index < -0.39 is 58.9 Å². The number of pyridine rings is 1. The Bertz CT molecular complexity index is 1460. The van der Waals surface area contributed by atoms with Crippen molar-refractivity contribution in [3.8, 4) is 0 Å². The molecular formula is C24H13ClF10IN3O2. The molecule has 17 heteroatoms. The third-order valence-corrected chi connectivity index (χ3v) is 6.90. The molecule has 0 saturated carbocycles. The van der Waals surface area contributed by atoms with E-state index in [9.17, 15) is 53.5 Å². The molecule has 41 heavy (non-hydrogen) atoms. The molecule has 0 radical (unpaired) electrons. The van der Waals surface area contributed by atoms with Crippen molar-refractivity contribution in [2.75, 3.05) is 15.1 Å². The fourth-order valence-corrected chi connectivity index (χ4v) is 4.45. The third-order valence-electron chi connectivity index (χ3n) is 5.65. The number of carbonyl (C=O) groups excluding carboxylic acids is 2. The van der Waals surface area contributed by atoms with Crippen LogP contribution in [-0.4, -0.2) is 36.2 Å². The Balaban J connectivity index is 2.04. The van der Waals surface area contributed by atoms with Crippen LogP contribution in [0, 0.1) is 0 Å². The number of aromatic nitrogens is 1. The smallest absolute Gasteiger partial charge is 0.311 e. The Morgan fingerprint density at radius 2 is 1.44 bits per heavy atom. The van der Waals surface area contributed by atoms with Crippen LogP contribution in [0.5, 0.6) is 0 Å². The minimum atomic E-state index is -6.65. The normalized spacial score (nSPS) is 12.7. The number of amides is 2. The van der Waals surface area contributed by atoms with Crippen molar-refractivity contribution >= 4 is 57.7 Å². The average molecular weight is 728 g/mol. The van der Waals surface area contributed by atoms with Crippen molar-refractivity contribution in [3.05, 3.63) is 88.2 Å². The van der Waals surface area contributed by atoms with Gasteiger partial charge in [-0.05, 0) is 42.5 Å². The van der Waals surface area contributed by atoms with Crippen LogP contribution in [0.25, 0.3) is 0 Å². The van der Waals surface area contributed by atoms with Gasteiger partial charge >= 0.3 is 24.2 Å². The molecule has 0 atom stereocenters. The highest BCUT2D eigenvalue weighted by Crippen LogP contribution is 2.54. The van der Waals surface area contributed by atoms with Crippen LogP contribution in [0.3, 0.4) is 0 Å². The number of nitrogens with zero attached hydrogens (tertiary/aromatic N) is 3. The summed E-state index contributed by atoms with van der Waals surface area (Å²) in [5, 5.41) is -0.133. The first kappa shape index (κ1) is 32.4. The molecule has 0 aliphatic rings. The molecule has 2 aromatic carbocycles. The molecule has 3 rings (SSSR count). The summed E-state index contributed by atoms with van der Waals surface area (Å²) in [6.07, 6.45) is -17.6. The molecule has 0 aliphatic carbocycles. The van der Waals surface area contributed by atoms with E-state index in [4.69, 9.17) is 11.6 Å². The second-order valence-electron chi connectivity index (χ2n) is 8.23. The molecule has 1 heterocycles. The number of carbonyl (C=O) groups is 2. The summed E-state index contributed by atoms with van der Waals surface area (Å²) in [6.45, 7) is 0.